The van der Waals surface area contributed by atoms with E-state index in [0.29, 0.717) is 17.9 Å². The Morgan fingerprint density at radius 1 is 1.20 bits per heavy atom. The molecule has 20 heavy (non-hydrogen) atoms. The van der Waals surface area contributed by atoms with Crippen molar-refractivity contribution in [3.8, 4) is 17.0 Å². The summed E-state index contributed by atoms with van der Waals surface area (Å²) in [6, 6.07) is 11.4. The van der Waals surface area contributed by atoms with E-state index in [9.17, 15) is 4.79 Å². The van der Waals surface area contributed by atoms with Crippen LogP contribution in [0.4, 0.5) is 0 Å². The largest absolute Gasteiger partial charge is 0.494 e. The number of ether oxygens (including phenoxy) is 1. The summed E-state index contributed by atoms with van der Waals surface area (Å²) in [6.45, 7) is 2.59. The third-order valence-corrected chi connectivity index (χ3v) is 2.97. The Bertz CT molecular complexity index is 747. The molecular weight excluding hydrogens is 254 g/mol. The quantitative estimate of drug-likeness (QED) is 0.682. The van der Waals surface area contributed by atoms with Gasteiger partial charge in [-0.1, -0.05) is 0 Å². The molecule has 0 bridgehead atoms. The van der Waals surface area contributed by atoms with Crippen molar-refractivity contribution >= 4 is 11.9 Å². The van der Waals surface area contributed by atoms with E-state index in [4.69, 9.17) is 4.74 Å². The molecule has 1 aromatic carbocycles. The normalized spacial score (nSPS) is 10.7. The summed E-state index contributed by atoms with van der Waals surface area (Å²) < 4.78 is 6.95. The first-order valence-corrected chi connectivity index (χ1v) is 6.35. The van der Waals surface area contributed by atoms with Crippen LogP contribution < -0.4 is 4.74 Å². The number of carbonyl (C=O) groups excluding carboxylic acids is 1. The van der Waals surface area contributed by atoms with Crippen LogP contribution in [-0.2, 0) is 0 Å². The minimum absolute atomic E-state index is 0.438. The van der Waals surface area contributed by atoms with Gasteiger partial charge < -0.3 is 4.74 Å². The van der Waals surface area contributed by atoms with E-state index in [1.54, 1.807) is 4.52 Å². The van der Waals surface area contributed by atoms with E-state index in [1.165, 1.54) is 6.20 Å². The van der Waals surface area contributed by atoms with Crippen LogP contribution in [0.15, 0.2) is 42.6 Å². The van der Waals surface area contributed by atoms with Crippen LogP contribution >= 0.6 is 0 Å². The second kappa shape index (κ2) is 5.13. The molecule has 0 N–H and O–H groups in total. The Morgan fingerprint density at radius 3 is 2.70 bits per heavy atom. The predicted molar refractivity (Wildman–Crippen MR) is 75.0 cm³/mol. The van der Waals surface area contributed by atoms with E-state index in [0.717, 1.165) is 23.3 Å². The molecule has 2 heterocycles. The standard InChI is InChI=1S/C15H13N3O2/c1-2-20-13-5-3-11(4-6-13)14-7-8-15-16-9-12(10-19)18(15)17-14/h3-10H,2H2,1H3. The number of carbonyl (C=O) groups is 1. The Hall–Kier alpha value is -2.69. The average molecular weight is 267 g/mol. The maximum absolute atomic E-state index is 10.9. The number of imidazole rings is 1. The average Bonchev–Trinajstić information content (AvgIpc) is 2.90. The van der Waals surface area contributed by atoms with Crippen molar-refractivity contribution in [3.63, 3.8) is 0 Å². The highest BCUT2D eigenvalue weighted by Gasteiger charge is 2.06. The molecule has 0 fully saturated rings. The van der Waals surface area contributed by atoms with Crippen LogP contribution in [0.5, 0.6) is 5.75 Å². The zero-order valence-corrected chi connectivity index (χ0v) is 11.0. The van der Waals surface area contributed by atoms with Gasteiger partial charge in [0.15, 0.2) is 11.9 Å². The molecule has 0 atom stereocenters. The van der Waals surface area contributed by atoms with Gasteiger partial charge in [-0.2, -0.15) is 5.10 Å². The van der Waals surface area contributed by atoms with Gasteiger partial charge in [-0.3, -0.25) is 4.79 Å². The molecule has 5 nitrogen and oxygen atoms in total. The van der Waals surface area contributed by atoms with Crippen LogP contribution in [0.3, 0.4) is 0 Å². The van der Waals surface area contributed by atoms with Gasteiger partial charge >= 0.3 is 0 Å². The van der Waals surface area contributed by atoms with E-state index in [2.05, 4.69) is 10.1 Å². The number of hydrogen-bond donors (Lipinski definition) is 0. The lowest BCUT2D eigenvalue weighted by molar-refractivity contribution is 0.111. The fraction of sp³-hybridized carbons (Fsp3) is 0.133. The molecule has 3 aromatic rings. The van der Waals surface area contributed by atoms with E-state index in [1.807, 2.05) is 43.3 Å². The van der Waals surface area contributed by atoms with Gasteiger partial charge in [0.2, 0.25) is 0 Å². The molecular formula is C15H13N3O2. The number of nitrogens with zero attached hydrogens (tertiary/aromatic N) is 3. The van der Waals surface area contributed by atoms with Gasteiger partial charge in [0.05, 0.1) is 18.5 Å². The Balaban J connectivity index is 2.02. The number of aldehydes is 1. The molecule has 5 heteroatoms. The molecule has 0 aliphatic carbocycles. The lowest BCUT2D eigenvalue weighted by Gasteiger charge is -2.05. The lowest BCUT2D eigenvalue weighted by Crippen LogP contribution is -1.98. The molecule has 0 saturated heterocycles. The molecule has 0 saturated carbocycles. The number of rotatable bonds is 4. The van der Waals surface area contributed by atoms with Crippen LogP contribution in [0.25, 0.3) is 16.9 Å². The smallest absolute Gasteiger partial charge is 0.170 e. The Morgan fingerprint density at radius 2 is 2.00 bits per heavy atom. The van der Waals surface area contributed by atoms with E-state index in [-0.39, 0.29) is 0 Å². The van der Waals surface area contributed by atoms with Crippen molar-refractivity contribution in [1.82, 2.24) is 14.6 Å². The lowest BCUT2D eigenvalue weighted by atomic mass is 10.1. The van der Waals surface area contributed by atoms with Gasteiger partial charge in [0.1, 0.15) is 11.4 Å². The summed E-state index contributed by atoms with van der Waals surface area (Å²) >= 11 is 0. The highest BCUT2D eigenvalue weighted by atomic mass is 16.5. The highest BCUT2D eigenvalue weighted by Crippen LogP contribution is 2.21. The van der Waals surface area contributed by atoms with Crippen LogP contribution in [0.2, 0.25) is 0 Å². The number of fused-ring (bicyclic) bond motifs is 1. The van der Waals surface area contributed by atoms with Crippen molar-refractivity contribution in [2.24, 2.45) is 0 Å². The summed E-state index contributed by atoms with van der Waals surface area (Å²) in [5.74, 6) is 0.827. The zero-order valence-electron chi connectivity index (χ0n) is 11.0. The van der Waals surface area contributed by atoms with Crippen LogP contribution in [-0.4, -0.2) is 27.5 Å². The highest BCUT2D eigenvalue weighted by molar-refractivity contribution is 5.74. The molecule has 3 rings (SSSR count). The Kier molecular flexibility index (Phi) is 3.16. The summed E-state index contributed by atoms with van der Waals surface area (Å²) in [7, 11) is 0. The SMILES string of the molecule is CCOc1ccc(-c2ccc3ncc(C=O)n3n2)cc1. The van der Waals surface area contributed by atoms with E-state index < -0.39 is 0 Å². The molecule has 0 unspecified atom stereocenters. The molecule has 0 spiro atoms. The predicted octanol–water partition coefficient (Wildman–Crippen LogP) is 2.61. The van der Waals surface area contributed by atoms with Gasteiger partial charge in [-0.15, -0.1) is 0 Å². The van der Waals surface area contributed by atoms with Crippen molar-refractivity contribution < 1.29 is 9.53 Å². The molecule has 0 radical (unpaired) electrons. The maximum atomic E-state index is 10.9. The van der Waals surface area contributed by atoms with Crippen molar-refractivity contribution in [2.75, 3.05) is 6.61 Å². The monoisotopic (exact) mass is 267 g/mol. The summed E-state index contributed by atoms with van der Waals surface area (Å²) in [5, 5.41) is 4.43. The fourth-order valence-corrected chi connectivity index (χ4v) is 2.01. The van der Waals surface area contributed by atoms with Gasteiger partial charge in [-0.25, -0.2) is 9.50 Å². The topological polar surface area (TPSA) is 56.5 Å². The molecule has 0 aliphatic heterocycles. The number of benzene rings is 1. The summed E-state index contributed by atoms with van der Waals surface area (Å²) in [4.78, 5) is 15.0. The third-order valence-electron chi connectivity index (χ3n) is 2.97. The van der Waals surface area contributed by atoms with Crippen molar-refractivity contribution in [3.05, 3.63) is 48.3 Å². The summed E-state index contributed by atoms with van der Waals surface area (Å²) in [5.41, 5.74) is 2.83. The summed E-state index contributed by atoms with van der Waals surface area (Å²) in [6.07, 6.45) is 2.26. The van der Waals surface area contributed by atoms with Crippen molar-refractivity contribution in [2.45, 2.75) is 6.92 Å². The van der Waals surface area contributed by atoms with Gasteiger partial charge in [0, 0.05) is 5.56 Å². The fourth-order valence-electron chi connectivity index (χ4n) is 2.01. The maximum Gasteiger partial charge on any atom is 0.170 e. The third kappa shape index (κ3) is 2.14. The molecule has 100 valence electrons. The zero-order chi connectivity index (χ0) is 13.9. The first-order chi connectivity index (χ1) is 9.81. The molecule has 0 aliphatic rings. The van der Waals surface area contributed by atoms with Gasteiger partial charge in [-0.05, 0) is 43.3 Å². The minimum Gasteiger partial charge on any atom is -0.494 e. The van der Waals surface area contributed by atoms with Crippen LogP contribution in [0.1, 0.15) is 17.4 Å². The first kappa shape index (κ1) is 12.3. The number of hydrogen-bond acceptors (Lipinski definition) is 4. The second-order valence-corrected chi connectivity index (χ2v) is 4.25. The van der Waals surface area contributed by atoms with Crippen LogP contribution in [0, 0.1) is 0 Å². The van der Waals surface area contributed by atoms with E-state index >= 15 is 0 Å². The molecule has 0 amide bonds. The minimum atomic E-state index is 0.438. The number of aromatic nitrogens is 3. The van der Waals surface area contributed by atoms with Crippen molar-refractivity contribution in [1.29, 1.82) is 0 Å². The van der Waals surface area contributed by atoms with Gasteiger partial charge in [0.25, 0.3) is 0 Å². The Labute approximate surface area is 115 Å². The second-order valence-electron chi connectivity index (χ2n) is 4.25. The molecule has 2 aromatic heterocycles. The first-order valence-electron chi connectivity index (χ1n) is 6.35.